The molecule has 0 radical (unpaired) electrons. The van der Waals surface area contributed by atoms with Crippen LogP contribution in [0.1, 0.15) is 51.4 Å². The number of hydrogen-bond donors (Lipinski definition) is 0. The molecule has 0 fully saturated rings. The van der Waals surface area contributed by atoms with Crippen molar-refractivity contribution in [2.75, 3.05) is 0 Å². The van der Waals surface area contributed by atoms with Gasteiger partial charge < -0.3 is 9.47 Å². The molecular formula is C30H30O4. The lowest BCUT2D eigenvalue weighted by Gasteiger charge is -2.07. The van der Waals surface area contributed by atoms with Crippen LogP contribution in [0, 0.1) is 0 Å². The Morgan fingerprint density at radius 2 is 0.853 bits per heavy atom. The number of carbonyl (C=O) groups is 2. The molecule has 0 heterocycles. The summed E-state index contributed by atoms with van der Waals surface area (Å²) >= 11 is 0. The summed E-state index contributed by atoms with van der Waals surface area (Å²) < 4.78 is 11.0. The summed E-state index contributed by atoms with van der Waals surface area (Å²) in [6, 6.07) is 27.4. The third kappa shape index (κ3) is 6.92. The molecule has 4 aromatic rings. The molecule has 0 saturated heterocycles. The first kappa shape index (κ1) is 23.5. The van der Waals surface area contributed by atoms with E-state index in [1.807, 2.05) is 84.9 Å². The largest absolute Gasteiger partial charge is 0.427 e. The average Bonchev–Trinajstić information content (AvgIpc) is 2.85. The number of benzene rings is 4. The third-order valence-corrected chi connectivity index (χ3v) is 5.92. The van der Waals surface area contributed by atoms with Gasteiger partial charge in [0.2, 0.25) is 0 Å². The highest BCUT2D eigenvalue weighted by molar-refractivity contribution is 5.85. The molecular weight excluding hydrogens is 424 g/mol. The van der Waals surface area contributed by atoms with Crippen molar-refractivity contribution < 1.29 is 19.1 Å². The van der Waals surface area contributed by atoms with Gasteiger partial charge in [-0.25, -0.2) is 0 Å². The highest BCUT2D eigenvalue weighted by atomic mass is 16.5. The smallest absolute Gasteiger partial charge is 0.311 e. The standard InChI is InChI=1S/C30H30O4/c31-29(33-27-19-17-23-11-7-9-13-25(23)21-27)15-5-3-1-2-4-6-16-30(32)34-28-20-18-24-12-8-10-14-26(24)22-28/h7-14,17-22H,1-6,15-16H2. The molecule has 0 aromatic heterocycles. The van der Waals surface area contributed by atoms with E-state index in [1.165, 1.54) is 0 Å². The fourth-order valence-electron chi connectivity index (χ4n) is 4.07. The minimum absolute atomic E-state index is 0.188. The number of hydrogen-bond acceptors (Lipinski definition) is 4. The fraction of sp³-hybridized carbons (Fsp3) is 0.267. The van der Waals surface area contributed by atoms with Gasteiger partial charge in [-0.3, -0.25) is 9.59 Å². The van der Waals surface area contributed by atoms with Crippen molar-refractivity contribution in [3.8, 4) is 11.5 Å². The summed E-state index contributed by atoms with van der Waals surface area (Å²) in [5.41, 5.74) is 0. The summed E-state index contributed by atoms with van der Waals surface area (Å²) in [7, 11) is 0. The molecule has 0 atom stereocenters. The van der Waals surface area contributed by atoms with Gasteiger partial charge >= 0.3 is 11.9 Å². The van der Waals surface area contributed by atoms with Crippen molar-refractivity contribution in [1.29, 1.82) is 0 Å². The van der Waals surface area contributed by atoms with Gasteiger partial charge in [0, 0.05) is 12.8 Å². The van der Waals surface area contributed by atoms with Gasteiger partial charge in [0.25, 0.3) is 0 Å². The quantitative estimate of drug-likeness (QED) is 0.133. The van der Waals surface area contributed by atoms with Crippen molar-refractivity contribution in [3.63, 3.8) is 0 Å². The maximum absolute atomic E-state index is 12.1. The van der Waals surface area contributed by atoms with Gasteiger partial charge in [0.15, 0.2) is 0 Å². The molecule has 174 valence electrons. The van der Waals surface area contributed by atoms with Crippen LogP contribution in [0.3, 0.4) is 0 Å². The zero-order valence-corrected chi connectivity index (χ0v) is 19.4. The van der Waals surface area contributed by atoms with Gasteiger partial charge in [-0.05, 0) is 58.7 Å². The Labute approximate surface area is 200 Å². The SMILES string of the molecule is O=C(CCCCCCCCC(=O)Oc1ccc2ccccc2c1)Oc1ccc2ccccc2c1. The first-order chi connectivity index (χ1) is 16.7. The van der Waals surface area contributed by atoms with Gasteiger partial charge in [0.05, 0.1) is 0 Å². The van der Waals surface area contributed by atoms with Crippen molar-refractivity contribution in [3.05, 3.63) is 84.9 Å². The summed E-state index contributed by atoms with van der Waals surface area (Å²) in [6.45, 7) is 0. The van der Waals surface area contributed by atoms with Crippen LogP contribution >= 0.6 is 0 Å². The van der Waals surface area contributed by atoms with E-state index in [2.05, 4.69) is 0 Å². The zero-order chi connectivity index (χ0) is 23.6. The lowest BCUT2D eigenvalue weighted by Crippen LogP contribution is -2.07. The highest BCUT2D eigenvalue weighted by Crippen LogP contribution is 2.22. The monoisotopic (exact) mass is 454 g/mol. The summed E-state index contributed by atoms with van der Waals surface area (Å²) in [5, 5.41) is 4.39. The molecule has 0 saturated carbocycles. The number of ether oxygens (including phenoxy) is 2. The molecule has 0 aliphatic carbocycles. The van der Waals surface area contributed by atoms with Crippen molar-refractivity contribution >= 4 is 33.5 Å². The van der Waals surface area contributed by atoms with Crippen molar-refractivity contribution in [2.24, 2.45) is 0 Å². The van der Waals surface area contributed by atoms with E-state index in [0.29, 0.717) is 24.3 Å². The maximum atomic E-state index is 12.1. The Morgan fingerprint density at radius 1 is 0.471 bits per heavy atom. The van der Waals surface area contributed by atoms with E-state index >= 15 is 0 Å². The van der Waals surface area contributed by atoms with Gasteiger partial charge in [-0.15, -0.1) is 0 Å². The zero-order valence-electron chi connectivity index (χ0n) is 19.4. The van der Waals surface area contributed by atoms with Gasteiger partial charge in [0.1, 0.15) is 11.5 Å². The molecule has 34 heavy (non-hydrogen) atoms. The molecule has 4 rings (SSSR count). The molecule has 4 nitrogen and oxygen atoms in total. The molecule has 0 spiro atoms. The van der Waals surface area contributed by atoms with Crippen LogP contribution in [-0.4, -0.2) is 11.9 Å². The molecule has 0 N–H and O–H groups in total. The van der Waals surface area contributed by atoms with Crippen LogP contribution in [0.2, 0.25) is 0 Å². The molecule has 0 amide bonds. The Balaban J connectivity index is 1.05. The second kappa shape index (κ2) is 12.0. The fourth-order valence-corrected chi connectivity index (χ4v) is 4.07. The highest BCUT2D eigenvalue weighted by Gasteiger charge is 2.07. The lowest BCUT2D eigenvalue weighted by atomic mass is 10.1. The van der Waals surface area contributed by atoms with Crippen LogP contribution in [0.5, 0.6) is 11.5 Å². The van der Waals surface area contributed by atoms with Crippen LogP contribution in [-0.2, 0) is 9.59 Å². The second-order valence-corrected chi connectivity index (χ2v) is 8.59. The Bertz CT molecular complexity index is 1160. The topological polar surface area (TPSA) is 52.6 Å². The summed E-state index contributed by atoms with van der Waals surface area (Å²) in [6.07, 6.45) is 6.53. The van der Waals surface area contributed by atoms with E-state index < -0.39 is 0 Å². The predicted octanol–water partition coefficient (Wildman–Crippen LogP) is 7.62. The van der Waals surface area contributed by atoms with E-state index in [1.54, 1.807) is 0 Å². The number of carbonyl (C=O) groups excluding carboxylic acids is 2. The van der Waals surface area contributed by atoms with Gasteiger partial charge in [-0.2, -0.15) is 0 Å². The number of unbranched alkanes of at least 4 members (excludes halogenated alkanes) is 5. The van der Waals surface area contributed by atoms with Crippen LogP contribution in [0.4, 0.5) is 0 Å². The molecule has 0 unspecified atom stereocenters. The Hall–Kier alpha value is -3.66. The minimum atomic E-state index is -0.188. The minimum Gasteiger partial charge on any atom is -0.427 e. The van der Waals surface area contributed by atoms with Crippen LogP contribution in [0.15, 0.2) is 84.9 Å². The second-order valence-electron chi connectivity index (χ2n) is 8.59. The van der Waals surface area contributed by atoms with E-state index in [4.69, 9.17) is 9.47 Å². The maximum Gasteiger partial charge on any atom is 0.311 e. The van der Waals surface area contributed by atoms with Crippen molar-refractivity contribution in [2.45, 2.75) is 51.4 Å². The Kier molecular flexibility index (Phi) is 8.28. The summed E-state index contributed by atoms with van der Waals surface area (Å²) in [4.78, 5) is 24.2. The summed E-state index contributed by atoms with van der Waals surface area (Å²) in [5.74, 6) is 0.817. The average molecular weight is 455 g/mol. The van der Waals surface area contributed by atoms with E-state index in [0.717, 1.165) is 60.1 Å². The van der Waals surface area contributed by atoms with E-state index in [-0.39, 0.29) is 11.9 Å². The van der Waals surface area contributed by atoms with Crippen LogP contribution < -0.4 is 9.47 Å². The van der Waals surface area contributed by atoms with Crippen LogP contribution in [0.25, 0.3) is 21.5 Å². The van der Waals surface area contributed by atoms with E-state index in [9.17, 15) is 9.59 Å². The first-order valence-corrected chi connectivity index (χ1v) is 12.1. The molecule has 4 heteroatoms. The third-order valence-electron chi connectivity index (χ3n) is 5.92. The molecule has 0 aliphatic rings. The lowest BCUT2D eigenvalue weighted by molar-refractivity contribution is -0.135. The predicted molar refractivity (Wildman–Crippen MR) is 136 cm³/mol. The first-order valence-electron chi connectivity index (χ1n) is 12.1. The Morgan fingerprint density at radius 3 is 1.29 bits per heavy atom. The normalized spacial score (nSPS) is 10.9. The molecule has 4 aromatic carbocycles. The molecule has 0 bridgehead atoms. The number of esters is 2. The number of fused-ring (bicyclic) bond motifs is 2. The number of rotatable bonds is 11. The molecule has 0 aliphatic heterocycles. The van der Waals surface area contributed by atoms with Crippen molar-refractivity contribution in [1.82, 2.24) is 0 Å². The van der Waals surface area contributed by atoms with Gasteiger partial charge in [-0.1, -0.05) is 86.3 Å².